The summed E-state index contributed by atoms with van der Waals surface area (Å²) in [4.78, 5) is 18.5. The van der Waals surface area contributed by atoms with E-state index < -0.39 is 28.5 Å². The van der Waals surface area contributed by atoms with Gasteiger partial charge in [0.25, 0.3) is 0 Å². The van der Waals surface area contributed by atoms with Gasteiger partial charge in [0.05, 0.1) is 25.0 Å². The van der Waals surface area contributed by atoms with Gasteiger partial charge in [-0.1, -0.05) is 12.1 Å². The van der Waals surface area contributed by atoms with Crippen molar-refractivity contribution in [2.45, 2.75) is 18.6 Å². The van der Waals surface area contributed by atoms with Gasteiger partial charge in [-0.25, -0.2) is 4.79 Å². The molecule has 1 aromatic heterocycles. The maximum absolute atomic E-state index is 12.8. The van der Waals surface area contributed by atoms with E-state index in [0.717, 1.165) is 5.56 Å². The van der Waals surface area contributed by atoms with E-state index >= 15 is 0 Å². The summed E-state index contributed by atoms with van der Waals surface area (Å²) in [6.07, 6.45) is 1.47. The van der Waals surface area contributed by atoms with Crippen LogP contribution in [-0.2, 0) is 28.3 Å². The van der Waals surface area contributed by atoms with E-state index in [1.165, 1.54) is 15.8 Å². The number of nitrogens with zero attached hydrogens (tertiary/aromatic N) is 5. The second kappa shape index (κ2) is 7.24. The number of aromatic nitrogens is 2. The van der Waals surface area contributed by atoms with Crippen molar-refractivity contribution in [3.05, 3.63) is 47.3 Å². The molecule has 2 aromatic rings. The van der Waals surface area contributed by atoms with E-state index in [-0.39, 0.29) is 18.9 Å². The third-order valence-electron chi connectivity index (χ3n) is 4.99. The van der Waals surface area contributed by atoms with Crippen molar-refractivity contribution >= 4 is 28.0 Å². The van der Waals surface area contributed by atoms with Crippen LogP contribution in [-0.4, -0.2) is 56.3 Å². The molecule has 0 aliphatic carbocycles. The van der Waals surface area contributed by atoms with Crippen LogP contribution in [0.15, 0.2) is 35.5 Å². The number of rotatable bonds is 5. The third kappa shape index (κ3) is 3.45. The number of carbonyl (C=O) groups is 1. The molecule has 2 aliphatic rings. The molecule has 13 nitrogen and oxygen atoms in total. The first kappa shape index (κ1) is 20.1. The molecule has 160 valence electrons. The first-order valence-electron chi connectivity index (χ1n) is 8.77. The summed E-state index contributed by atoms with van der Waals surface area (Å²) in [5.41, 5.74) is 10.2. The van der Waals surface area contributed by atoms with Gasteiger partial charge >= 0.3 is 16.4 Å². The van der Waals surface area contributed by atoms with Crippen LogP contribution in [0.3, 0.4) is 0 Å². The Balaban J connectivity index is 1.72. The zero-order chi connectivity index (χ0) is 21.6. The fraction of sp³-hybridized carbons (Fsp3) is 0.312. The highest BCUT2D eigenvalue weighted by molar-refractivity contribution is 7.80. The van der Waals surface area contributed by atoms with E-state index in [4.69, 9.17) is 10.3 Å². The highest BCUT2D eigenvalue weighted by Gasteiger charge is 2.53. The van der Waals surface area contributed by atoms with E-state index in [1.807, 2.05) is 5.48 Å². The number of nitrogens with one attached hydrogen (secondary N) is 1. The second-order valence-corrected chi connectivity index (χ2v) is 7.85. The molecule has 2 amide bonds. The number of urea groups is 1. The minimum atomic E-state index is -4.92. The van der Waals surface area contributed by atoms with Gasteiger partial charge in [-0.2, -0.15) is 18.6 Å². The van der Waals surface area contributed by atoms with Crippen LogP contribution in [0.4, 0.5) is 10.5 Å². The molecule has 3 heterocycles. The molecule has 2 aliphatic heterocycles. The van der Waals surface area contributed by atoms with Gasteiger partial charge in [0.2, 0.25) is 0 Å². The number of hydrogen-bond donors (Lipinski definition) is 4. The maximum atomic E-state index is 12.8. The number of nitrogen functional groups attached to an aromatic ring is 1. The molecule has 5 N–H and O–H groups in total. The third-order valence-corrected chi connectivity index (χ3v) is 5.34. The Kier molecular flexibility index (Phi) is 4.85. The molecule has 0 spiro atoms. The average Bonchev–Trinajstić information content (AvgIpc) is 3.19. The topological polar surface area (TPSA) is 176 Å². The van der Waals surface area contributed by atoms with Crippen molar-refractivity contribution in [3.63, 3.8) is 0 Å². The Morgan fingerprint density at radius 3 is 2.73 bits per heavy atom. The van der Waals surface area contributed by atoms with E-state index in [9.17, 15) is 18.4 Å². The van der Waals surface area contributed by atoms with Crippen LogP contribution in [0.5, 0.6) is 0 Å². The van der Waals surface area contributed by atoms with Crippen LogP contribution in [0.2, 0.25) is 0 Å². The van der Waals surface area contributed by atoms with Crippen molar-refractivity contribution in [1.82, 2.24) is 25.2 Å². The fourth-order valence-electron chi connectivity index (χ4n) is 3.69. The monoisotopic (exact) mass is 437 g/mol. The number of hydrogen-bond acceptors (Lipinski definition) is 8. The Hall–Kier alpha value is -3.20. The lowest BCUT2D eigenvalue weighted by Crippen LogP contribution is -2.43. The Morgan fingerprint density at radius 2 is 2.10 bits per heavy atom. The minimum Gasteiger partial charge on any atom is -0.399 e. The largest absolute Gasteiger partial charge is 0.418 e. The number of carbonyl (C=O) groups excluding carboxylic acids is 1. The lowest BCUT2D eigenvalue weighted by atomic mass is 9.97. The summed E-state index contributed by atoms with van der Waals surface area (Å²) >= 11 is 0. The molecule has 30 heavy (non-hydrogen) atoms. The first-order valence-corrected chi connectivity index (χ1v) is 10.1. The Bertz CT molecular complexity index is 1110. The van der Waals surface area contributed by atoms with Crippen LogP contribution in [0.1, 0.15) is 28.9 Å². The van der Waals surface area contributed by atoms with E-state index in [2.05, 4.69) is 14.4 Å². The summed E-state index contributed by atoms with van der Waals surface area (Å²) in [5, 5.41) is 14.5. The van der Waals surface area contributed by atoms with E-state index in [1.54, 1.807) is 31.3 Å². The number of benzene rings is 1. The van der Waals surface area contributed by atoms with Crippen molar-refractivity contribution < 1.29 is 27.3 Å². The first-order chi connectivity index (χ1) is 14.2. The molecular formula is C16H19N7O6S. The van der Waals surface area contributed by atoms with Gasteiger partial charge in [-0.3, -0.25) is 24.9 Å². The van der Waals surface area contributed by atoms with Gasteiger partial charge in [-0.15, -0.1) is 4.28 Å². The van der Waals surface area contributed by atoms with Crippen LogP contribution >= 0.6 is 0 Å². The number of aryl methyl sites for hydroxylation is 1. The molecule has 0 radical (unpaired) electrons. The number of amidine groups is 1. The molecule has 0 unspecified atom stereocenters. The number of aliphatic imine (C=N–C) groups is 1. The molecule has 0 saturated carbocycles. The average molecular weight is 437 g/mol. The maximum Gasteiger partial charge on any atom is 0.418 e. The SMILES string of the molecule is Cn1ncc2c1[C@@H](C(=NCc1ccc(N)cc1)NO)N1C[C@@H]2N(OS(=O)(=O)O)C1=O. The molecule has 2 bridgehead atoms. The normalized spacial score (nSPS) is 21.2. The molecule has 1 aromatic carbocycles. The highest BCUT2D eigenvalue weighted by Crippen LogP contribution is 2.44. The van der Waals surface area contributed by atoms with Crippen LogP contribution in [0, 0.1) is 0 Å². The number of amides is 2. The molecule has 14 heteroatoms. The second-order valence-electron chi connectivity index (χ2n) is 6.84. The lowest BCUT2D eigenvalue weighted by Gasteiger charge is -2.31. The minimum absolute atomic E-state index is 0.0419. The summed E-state index contributed by atoms with van der Waals surface area (Å²) < 4.78 is 37.5. The number of anilines is 1. The highest BCUT2D eigenvalue weighted by atomic mass is 32.3. The van der Waals surface area contributed by atoms with Gasteiger partial charge in [0, 0.05) is 18.3 Å². The summed E-state index contributed by atoms with van der Waals surface area (Å²) in [7, 11) is -3.28. The predicted octanol–water partition coefficient (Wildman–Crippen LogP) is 0.148. The zero-order valence-corrected chi connectivity index (χ0v) is 16.5. The summed E-state index contributed by atoms with van der Waals surface area (Å²) in [6.45, 7) is 0.226. The van der Waals surface area contributed by atoms with E-state index in [0.29, 0.717) is 22.0 Å². The van der Waals surface area contributed by atoms with Gasteiger partial charge < -0.3 is 10.6 Å². The predicted molar refractivity (Wildman–Crippen MR) is 102 cm³/mol. The Labute approximate surface area is 171 Å². The van der Waals surface area contributed by atoms with Crippen molar-refractivity contribution in [2.24, 2.45) is 12.0 Å². The molecule has 4 rings (SSSR count). The molecular weight excluding hydrogens is 418 g/mol. The smallest absolute Gasteiger partial charge is 0.399 e. The fourth-order valence-corrected chi connectivity index (χ4v) is 4.06. The van der Waals surface area contributed by atoms with Crippen molar-refractivity contribution in [3.8, 4) is 0 Å². The number of hydroxylamine groups is 3. The van der Waals surface area contributed by atoms with Crippen LogP contribution < -0.4 is 11.2 Å². The van der Waals surface area contributed by atoms with Crippen LogP contribution in [0.25, 0.3) is 0 Å². The molecule has 1 saturated heterocycles. The van der Waals surface area contributed by atoms with Crippen molar-refractivity contribution in [1.29, 1.82) is 0 Å². The lowest BCUT2D eigenvalue weighted by molar-refractivity contribution is -0.0316. The zero-order valence-electron chi connectivity index (χ0n) is 15.7. The molecule has 2 atom stereocenters. The van der Waals surface area contributed by atoms with Gasteiger partial charge in [0.1, 0.15) is 17.9 Å². The summed E-state index contributed by atoms with van der Waals surface area (Å²) in [5.74, 6) is 0.0529. The number of fused-ring (bicyclic) bond motifs is 4. The number of nitrogens with two attached hydrogens (primary N) is 1. The van der Waals surface area contributed by atoms with Gasteiger partial charge in [0.15, 0.2) is 0 Å². The van der Waals surface area contributed by atoms with Crippen molar-refractivity contribution in [2.75, 3.05) is 12.3 Å². The Morgan fingerprint density at radius 1 is 1.40 bits per heavy atom. The quantitative estimate of drug-likeness (QED) is 0.167. The molecule has 1 fully saturated rings. The summed E-state index contributed by atoms with van der Waals surface area (Å²) in [6, 6.07) is 4.49. The van der Waals surface area contributed by atoms with Gasteiger partial charge in [-0.05, 0) is 17.7 Å². The standard InChI is InChI=1S/C16H19N7O6S/c1-21-13-11(7-19-21)12-8-22(16(24)23(12)29-30(26,27)28)14(13)15(20-25)18-6-9-2-4-10(17)5-3-9/h2-5,7,12,14,25H,6,8,17H2,1H3,(H,18,20)(H,26,27,28)/t12-,14-/m0/s1.